The summed E-state index contributed by atoms with van der Waals surface area (Å²) in [5.41, 5.74) is 2.40. The van der Waals surface area contributed by atoms with Crippen LogP contribution in [0.25, 0.3) is 17.5 Å². The van der Waals surface area contributed by atoms with Gasteiger partial charge in [0.25, 0.3) is 0 Å². The number of rotatable bonds is 2. The van der Waals surface area contributed by atoms with E-state index in [1.807, 2.05) is 12.1 Å². The van der Waals surface area contributed by atoms with E-state index in [9.17, 15) is 18.0 Å². The van der Waals surface area contributed by atoms with Crippen molar-refractivity contribution >= 4 is 29.1 Å². The van der Waals surface area contributed by atoms with Gasteiger partial charge in [0.1, 0.15) is 11.4 Å². The molecule has 4 nitrogen and oxygen atoms in total. The summed E-state index contributed by atoms with van der Waals surface area (Å²) in [4.78, 5) is 11.4. The predicted octanol–water partition coefficient (Wildman–Crippen LogP) is 3.44. The van der Waals surface area contributed by atoms with Gasteiger partial charge in [-0.15, -0.1) is 10.2 Å². The van der Waals surface area contributed by atoms with Crippen LogP contribution in [0.2, 0.25) is 0 Å². The molecule has 7 heteroatoms. The summed E-state index contributed by atoms with van der Waals surface area (Å²) in [6, 6.07) is 10.3. The van der Waals surface area contributed by atoms with Crippen molar-refractivity contribution in [2.75, 3.05) is 5.32 Å². The van der Waals surface area contributed by atoms with Crippen LogP contribution in [0.4, 0.5) is 18.9 Å². The molecule has 0 aromatic heterocycles. The molecule has 1 aliphatic carbocycles. The molecule has 4 rings (SSSR count). The number of alkyl halides is 3. The van der Waals surface area contributed by atoms with E-state index in [1.165, 1.54) is 19.1 Å². The Bertz CT molecular complexity index is 1110. The van der Waals surface area contributed by atoms with E-state index in [0.717, 1.165) is 28.1 Å². The molecule has 0 atom stereocenters. The number of azo groups is 1. The molecular formula is C19H12F3N3O. The molecule has 1 heterocycles. The van der Waals surface area contributed by atoms with Gasteiger partial charge in [-0.1, -0.05) is 24.3 Å². The Morgan fingerprint density at radius 1 is 1.00 bits per heavy atom. The number of amides is 1. The molecule has 0 saturated carbocycles. The summed E-state index contributed by atoms with van der Waals surface area (Å²) >= 11 is 0. The number of hydrogen-bond donors (Lipinski definition) is 1. The molecule has 2 aromatic rings. The van der Waals surface area contributed by atoms with E-state index in [2.05, 4.69) is 15.5 Å². The van der Waals surface area contributed by atoms with Crippen LogP contribution in [-0.2, 0) is 11.0 Å². The third-order valence-electron chi connectivity index (χ3n) is 4.21. The largest absolute Gasteiger partial charge is 0.416 e. The Balaban J connectivity index is 1.83. The second kappa shape index (κ2) is 5.66. The van der Waals surface area contributed by atoms with Crippen LogP contribution in [-0.4, -0.2) is 5.91 Å². The zero-order chi connectivity index (χ0) is 18.5. The lowest BCUT2D eigenvalue weighted by molar-refractivity contribution is -0.137. The molecule has 0 unspecified atom stereocenters. The Hall–Kier alpha value is -3.22. The number of halogens is 3. The Morgan fingerprint density at radius 3 is 2.35 bits per heavy atom. The number of nitrogens with zero attached hydrogens (tertiary/aromatic N) is 2. The predicted molar refractivity (Wildman–Crippen MR) is 91.1 cm³/mol. The minimum absolute atomic E-state index is 0.188. The van der Waals surface area contributed by atoms with Gasteiger partial charge in [0.15, 0.2) is 0 Å². The van der Waals surface area contributed by atoms with Crippen molar-refractivity contribution in [1.29, 1.82) is 0 Å². The normalized spacial score (nSPS) is 15.0. The van der Waals surface area contributed by atoms with Gasteiger partial charge in [0.2, 0.25) is 5.91 Å². The molecule has 2 aromatic carbocycles. The Morgan fingerprint density at radius 2 is 1.69 bits per heavy atom. The highest BCUT2D eigenvalue weighted by molar-refractivity contribution is 5.97. The van der Waals surface area contributed by atoms with Crippen molar-refractivity contribution in [3.63, 3.8) is 0 Å². The van der Waals surface area contributed by atoms with Crippen molar-refractivity contribution in [2.24, 2.45) is 10.2 Å². The Kier molecular flexibility index (Phi) is 3.54. The molecule has 0 spiro atoms. The first-order chi connectivity index (χ1) is 12.3. The van der Waals surface area contributed by atoms with Crippen molar-refractivity contribution in [3.05, 3.63) is 69.6 Å². The average molecular weight is 355 g/mol. The summed E-state index contributed by atoms with van der Waals surface area (Å²) in [5.74, 6) is -0.188. The molecular weight excluding hydrogens is 343 g/mol. The standard InChI is InChI=1S/C19H12F3N3O/c1-10(26)23-16-4-2-3-13-14(16)9-15-17(24-25-18(13)15)11-5-7-12(8-6-11)19(20,21)22/h2-9H,1H3,(H,23,26). The van der Waals surface area contributed by atoms with Crippen LogP contribution < -0.4 is 15.8 Å². The molecule has 0 fully saturated rings. The van der Waals surface area contributed by atoms with Gasteiger partial charge in [-0.05, 0) is 24.3 Å². The second-order valence-corrected chi connectivity index (χ2v) is 5.98. The van der Waals surface area contributed by atoms with Gasteiger partial charge in [0, 0.05) is 34.2 Å². The van der Waals surface area contributed by atoms with Gasteiger partial charge in [-0.25, -0.2) is 0 Å². The molecule has 130 valence electrons. The fourth-order valence-electron chi connectivity index (χ4n) is 3.06. The van der Waals surface area contributed by atoms with Crippen LogP contribution in [0, 0.1) is 0 Å². The van der Waals surface area contributed by atoms with Gasteiger partial charge in [-0.2, -0.15) is 13.2 Å². The highest BCUT2D eigenvalue weighted by Gasteiger charge is 2.30. The summed E-state index contributed by atoms with van der Waals surface area (Å²) < 4.78 is 38.2. The van der Waals surface area contributed by atoms with E-state index in [4.69, 9.17) is 0 Å². The maximum atomic E-state index is 12.7. The van der Waals surface area contributed by atoms with Gasteiger partial charge >= 0.3 is 6.18 Å². The number of benzene rings is 2. The number of carbonyl (C=O) groups is 1. The topological polar surface area (TPSA) is 53.8 Å². The lowest BCUT2D eigenvalue weighted by Gasteiger charge is -2.07. The third-order valence-corrected chi connectivity index (χ3v) is 4.21. The maximum Gasteiger partial charge on any atom is 0.416 e. The number of fused-ring (bicyclic) bond motifs is 2. The molecule has 1 aliphatic heterocycles. The van der Waals surface area contributed by atoms with E-state index >= 15 is 0 Å². The summed E-state index contributed by atoms with van der Waals surface area (Å²) in [7, 11) is 0. The van der Waals surface area contributed by atoms with Crippen LogP contribution in [0.3, 0.4) is 0 Å². The highest BCUT2D eigenvalue weighted by atomic mass is 19.4. The highest BCUT2D eigenvalue weighted by Crippen LogP contribution is 2.36. The zero-order valence-electron chi connectivity index (χ0n) is 13.6. The van der Waals surface area contributed by atoms with Gasteiger partial charge < -0.3 is 5.32 Å². The van der Waals surface area contributed by atoms with Crippen molar-refractivity contribution < 1.29 is 18.0 Å². The third kappa shape index (κ3) is 2.61. The first-order valence-electron chi connectivity index (χ1n) is 7.81. The summed E-state index contributed by atoms with van der Waals surface area (Å²) in [6.07, 6.45) is -2.53. The quantitative estimate of drug-likeness (QED) is 0.882. The van der Waals surface area contributed by atoms with Gasteiger partial charge in [-0.3, -0.25) is 4.79 Å². The summed E-state index contributed by atoms with van der Waals surface area (Å²) in [6.45, 7) is 1.43. The van der Waals surface area contributed by atoms with E-state index in [-0.39, 0.29) is 5.91 Å². The summed E-state index contributed by atoms with van der Waals surface area (Å²) in [5, 5.41) is 12.7. The number of anilines is 1. The van der Waals surface area contributed by atoms with Crippen molar-refractivity contribution in [2.45, 2.75) is 13.1 Å². The van der Waals surface area contributed by atoms with Crippen LogP contribution in [0.1, 0.15) is 18.1 Å². The number of carbonyl (C=O) groups excluding carboxylic acids is 1. The molecule has 0 bridgehead atoms. The lowest BCUT2D eigenvalue weighted by Crippen LogP contribution is -2.27. The molecule has 0 radical (unpaired) electrons. The fraction of sp³-hybridized carbons (Fsp3) is 0.105. The number of hydrogen-bond acceptors (Lipinski definition) is 3. The van der Waals surface area contributed by atoms with E-state index in [1.54, 1.807) is 12.1 Å². The molecule has 1 amide bonds. The second-order valence-electron chi connectivity index (χ2n) is 5.98. The first kappa shape index (κ1) is 16.3. The molecule has 0 saturated heterocycles. The fourth-order valence-corrected chi connectivity index (χ4v) is 3.06. The molecule has 1 N–H and O–H groups in total. The van der Waals surface area contributed by atoms with Crippen molar-refractivity contribution in [1.82, 2.24) is 0 Å². The van der Waals surface area contributed by atoms with E-state index < -0.39 is 11.7 Å². The zero-order valence-corrected chi connectivity index (χ0v) is 13.6. The first-order valence-corrected chi connectivity index (χ1v) is 7.81. The minimum Gasteiger partial charge on any atom is -0.326 e. The lowest BCUT2D eigenvalue weighted by atomic mass is 10.0. The maximum absolute atomic E-state index is 12.7. The SMILES string of the molecule is CC(=O)Nc1cccc2c1=CC1=C(c3ccc(C(F)(F)F)cc3)N=NC=21. The molecule has 2 aliphatic rings. The van der Waals surface area contributed by atoms with Crippen LogP contribution in [0.5, 0.6) is 0 Å². The average Bonchev–Trinajstić information content (AvgIpc) is 3.14. The smallest absolute Gasteiger partial charge is 0.326 e. The monoisotopic (exact) mass is 355 g/mol. The Labute approximate surface area is 146 Å². The van der Waals surface area contributed by atoms with Crippen LogP contribution >= 0.6 is 0 Å². The van der Waals surface area contributed by atoms with Crippen molar-refractivity contribution in [3.8, 4) is 0 Å². The van der Waals surface area contributed by atoms with E-state index in [0.29, 0.717) is 22.6 Å². The molecule has 26 heavy (non-hydrogen) atoms. The van der Waals surface area contributed by atoms with Crippen LogP contribution in [0.15, 0.2) is 58.3 Å². The minimum atomic E-state index is -4.38. The van der Waals surface area contributed by atoms with Gasteiger partial charge in [0.05, 0.1) is 5.56 Å². The number of nitrogens with one attached hydrogen (secondary N) is 1.